The summed E-state index contributed by atoms with van der Waals surface area (Å²) in [6.45, 7) is 9.11. The Labute approximate surface area is 213 Å². The third-order valence-corrected chi connectivity index (χ3v) is 6.64. The van der Waals surface area contributed by atoms with E-state index in [9.17, 15) is 14.7 Å². The predicted octanol–water partition coefficient (Wildman–Crippen LogP) is 6.01. The molecule has 0 saturated carbocycles. The fourth-order valence-electron chi connectivity index (χ4n) is 4.63. The summed E-state index contributed by atoms with van der Waals surface area (Å²) < 4.78 is 0. The fraction of sp³-hybridized carbons (Fsp3) is 0.333. The Morgan fingerprint density at radius 3 is 2.39 bits per heavy atom. The van der Waals surface area contributed by atoms with Crippen LogP contribution in [0.1, 0.15) is 65.5 Å². The molecule has 188 valence electrons. The van der Waals surface area contributed by atoms with Gasteiger partial charge >= 0.3 is 5.97 Å². The zero-order valence-corrected chi connectivity index (χ0v) is 21.3. The van der Waals surface area contributed by atoms with Gasteiger partial charge in [0.05, 0.1) is 11.3 Å². The normalized spacial score (nSPS) is 16.4. The van der Waals surface area contributed by atoms with Crippen molar-refractivity contribution in [3.8, 4) is 0 Å². The molecule has 3 aromatic rings. The van der Waals surface area contributed by atoms with Gasteiger partial charge in [0.2, 0.25) is 0 Å². The minimum atomic E-state index is -0.995. The first-order valence-corrected chi connectivity index (χ1v) is 12.5. The van der Waals surface area contributed by atoms with Crippen molar-refractivity contribution < 1.29 is 14.7 Å². The molecule has 6 heteroatoms. The maximum atomic E-state index is 12.9. The van der Waals surface area contributed by atoms with E-state index in [0.717, 1.165) is 38.0 Å². The number of piperidine rings is 1. The van der Waals surface area contributed by atoms with Gasteiger partial charge < -0.3 is 15.7 Å². The second-order valence-electron chi connectivity index (χ2n) is 10.6. The Balaban J connectivity index is 1.46. The molecule has 1 saturated heterocycles. The lowest BCUT2D eigenvalue weighted by molar-refractivity contribution is 0.0697. The number of benzene rings is 3. The molecule has 4 rings (SSSR count). The molecule has 0 aliphatic carbocycles. The van der Waals surface area contributed by atoms with Crippen molar-refractivity contribution >= 4 is 23.3 Å². The van der Waals surface area contributed by atoms with E-state index in [2.05, 4.69) is 48.4 Å². The third-order valence-electron chi connectivity index (χ3n) is 6.64. The maximum absolute atomic E-state index is 12.9. The SMILES string of the molecule is CC(C)(C)c1ccc(C(=O)Nc2ccc(C(=O)O)c(NC3CCCN(Cc4ccccc4)C3)c2)cc1. The van der Waals surface area contributed by atoms with Gasteiger partial charge in [-0.1, -0.05) is 63.2 Å². The number of carboxylic acid groups (broad SMARTS) is 1. The number of amides is 1. The molecule has 0 radical (unpaired) electrons. The van der Waals surface area contributed by atoms with Gasteiger partial charge in [0.25, 0.3) is 5.91 Å². The van der Waals surface area contributed by atoms with Crippen molar-refractivity contribution in [2.75, 3.05) is 23.7 Å². The molecular formula is C30H35N3O3. The fourth-order valence-corrected chi connectivity index (χ4v) is 4.63. The molecule has 0 aromatic heterocycles. The van der Waals surface area contributed by atoms with Crippen molar-refractivity contribution in [1.29, 1.82) is 0 Å². The largest absolute Gasteiger partial charge is 0.478 e. The molecule has 36 heavy (non-hydrogen) atoms. The topological polar surface area (TPSA) is 81.7 Å². The number of carbonyl (C=O) groups excluding carboxylic acids is 1. The smallest absolute Gasteiger partial charge is 0.337 e. The van der Waals surface area contributed by atoms with Gasteiger partial charge in [0, 0.05) is 30.4 Å². The first-order chi connectivity index (χ1) is 17.2. The van der Waals surface area contributed by atoms with Crippen LogP contribution >= 0.6 is 0 Å². The highest BCUT2D eigenvalue weighted by atomic mass is 16.4. The predicted molar refractivity (Wildman–Crippen MR) is 145 cm³/mol. The Hall–Kier alpha value is -3.64. The Bertz CT molecular complexity index is 1200. The number of nitrogens with zero attached hydrogens (tertiary/aromatic N) is 1. The van der Waals surface area contributed by atoms with Crippen LogP contribution in [0.15, 0.2) is 72.8 Å². The summed E-state index contributed by atoms with van der Waals surface area (Å²) in [7, 11) is 0. The Morgan fingerprint density at radius 1 is 1.00 bits per heavy atom. The van der Waals surface area contributed by atoms with Gasteiger partial charge in [0.15, 0.2) is 0 Å². The molecule has 0 spiro atoms. The van der Waals surface area contributed by atoms with Gasteiger partial charge in [-0.05, 0) is 66.3 Å². The van der Waals surface area contributed by atoms with Crippen LogP contribution in [0.2, 0.25) is 0 Å². The molecule has 1 atom stereocenters. The highest BCUT2D eigenvalue weighted by Gasteiger charge is 2.22. The number of hydrogen-bond donors (Lipinski definition) is 3. The molecule has 6 nitrogen and oxygen atoms in total. The van der Waals surface area contributed by atoms with Crippen molar-refractivity contribution in [3.05, 3.63) is 95.1 Å². The Kier molecular flexibility index (Phi) is 7.75. The number of carboxylic acids is 1. The standard InChI is InChI=1S/C30H35N3O3/c1-30(2,3)23-13-11-22(12-14-23)28(34)32-24-15-16-26(29(35)36)27(18-24)31-25-10-7-17-33(20-25)19-21-8-5-4-6-9-21/h4-6,8-9,11-16,18,25,31H,7,10,17,19-20H2,1-3H3,(H,32,34)(H,35,36). The molecule has 3 N–H and O–H groups in total. The van der Waals surface area contributed by atoms with E-state index >= 15 is 0 Å². The number of likely N-dealkylation sites (tertiary alicyclic amines) is 1. The molecule has 1 amide bonds. The van der Waals surface area contributed by atoms with Crippen LogP contribution < -0.4 is 10.6 Å². The van der Waals surface area contributed by atoms with E-state index in [0.29, 0.717) is 16.9 Å². The minimum absolute atomic E-state index is 0.0119. The van der Waals surface area contributed by atoms with Crippen LogP contribution in [-0.2, 0) is 12.0 Å². The number of carbonyl (C=O) groups is 2. The number of anilines is 2. The van der Waals surface area contributed by atoms with Crippen molar-refractivity contribution in [3.63, 3.8) is 0 Å². The molecule has 1 aliphatic rings. The van der Waals surface area contributed by atoms with Gasteiger partial charge in [-0.15, -0.1) is 0 Å². The van der Waals surface area contributed by atoms with E-state index in [1.165, 1.54) is 5.56 Å². The minimum Gasteiger partial charge on any atom is -0.478 e. The summed E-state index contributed by atoms with van der Waals surface area (Å²) in [6.07, 6.45) is 1.99. The van der Waals surface area contributed by atoms with Crippen LogP contribution in [-0.4, -0.2) is 41.0 Å². The molecule has 1 heterocycles. The summed E-state index contributed by atoms with van der Waals surface area (Å²) in [5, 5.41) is 16.1. The third kappa shape index (κ3) is 6.52. The average Bonchev–Trinajstić information content (AvgIpc) is 2.84. The number of rotatable bonds is 7. The lowest BCUT2D eigenvalue weighted by Crippen LogP contribution is -2.41. The highest BCUT2D eigenvalue weighted by molar-refractivity contribution is 6.05. The highest BCUT2D eigenvalue weighted by Crippen LogP contribution is 2.26. The summed E-state index contributed by atoms with van der Waals surface area (Å²) >= 11 is 0. The summed E-state index contributed by atoms with van der Waals surface area (Å²) in [5.41, 5.74) is 4.28. The van der Waals surface area contributed by atoms with Gasteiger partial charge in [-0.25, -0.2) is 4.79 Å². The lowest BCUT2D eigenvalue weighted by Gasteiger charge is -2.34. The summed E-state index contributed by atoms with van der Waals surface area (Å²) in [5.74, 6) is -1.22. The molecule has 1 fully saturated rings. The summed E-state index contributed by atoms with van der Waals surface area (Å²) in [6, 6.07) is 23.0. The molecule has 1 unspecified atom stereocenters. The second-order valence-corrected chi connectivity index (χ2v) is 10.6. The zero-order chi connectivity index (χ0) is 25.7. The van der Waals surface area contributed by atoms with E-state index in [4.69, 9.17) is 0 Å². The van der Waals surface area contributed by atoms with Crippen LogP contribution in [0.4, 0.5) is 11.4 Å². The van der Waals surface area contributed by atoms with E-state index < -0.39 is 5.97 Å². The first-order valence-electron chi connectivity index (χ1n) is 12.5. The maximum Gasteiger partial charge on any atom is 0.337 e. The molecule has 3 aromatic carbocycles. The van der Waals surface area contributed by atoms with Crippen molar-refractivity contribution in [2.45, 2.75) is 51.6 Å². The Morgan fingerprint density at radius 2 is 1.72 bits per heavy atom. The van der Waals surface area contributed by atoms with Gasteiger partial charge in [-0.3, -0.25) is 9.69 Å². The number of hydrogen-bond acceptors (Lipinski definition) is 4. The van der Waals surface area contributed by atoms with Gasteiger partial charge in [0.1, 0.15) is 0 Å². The number of nitrogens with one attached hydrogen (secondary N) is 2. The van der Waals surface area contributed by atoms with Gasteiger partial charge in [-0.2, -0.15) is 0 Å². The molecule has 0 bridgehead atoms. The molecular weight excluding hydrogens is 450 g/mol. The number of aromatic carboxylic acids is 1. The van der Waals surface area contributed by atoms with E-state index in [-0.39, 0.29) is 22.9 Å². The van der Waals surface area contributed by atoms with E-state index in [1.54, 1.807) is 18.2 Å². The van der Waals surface area contributed by atoms with Crippen LogP contribution in [0.5, 0.6) is 0 Å². The lowest BCUT2D eigenvalue weighted by atomic mass is 9.87. The zero-order valence-electron chi connectivity index (χ0n) is 21.3. The van der Waals surface area contributed by atoms with Crippen molar-refractivity contribution in [1.82, 2.24) is 4.90 Å². The first kappa shape index (κ1) is 25.5. The van der Waals surface area contributed by atoms with E-state index in [1.807, 2.05) is 42.5 Å². The monoisotopic (exact) mass is 485 g/mol. The van der Waals surface area contributed by atoms with Crippen LogP contribution in [0.25, 0.3) is 0 Å². The average molecular weight is 486 g/mol. The second kappa shape index (κ2) is 11.0. The van der Waals surface area contributed by atoms with Crippen molar-refractivity contribution in [2.24, 2.45) is 0 Å². The molecule has 1 aliphatic heterocycles. The van der Waals surface area contributed by atoms with Crippen LogP contribution in [0.3, 0.4) is 0 Å². The summed E-state index contributed by atoms with van der Waals surface area (Å²) in [4.78, 5) is 27.1. The van der Waals surface area contributed by atoms with Crippen LogP contribution in [0, 0.1) is 0 Å². The quantitative estimate of drug-likeness (QED) is 0.382.